The van der Waals surface area contributed by atoms with Gasteiger partial charge in [0, 0.05) is 0 Å². The summed E-state index contributed by atoms with van der Waals surface area (Å²) in [6.07, 6.45) is -0.177. The minimum atomic E-state index is -0.431. The fourth-order valence-corrected chi connectivity index (χ4v) is 1.30. The van der Waals surface area contributed by atoms with E-state index < -0.39 is 5.97 Å². The molecule has 0 atom stereocenters. The lowest BCUT2D eigenvalue weighted by molar-refractivity contribution is 0.0376. The quantitative estimate of drug-likeness (QED) is 0.693. The van der Waals surface area contributed by atoms with Crippen LogP contribution < -0.4 is 0 Å². The van der Waals surface area contributed by atoms with Crippen LogP contribution in [0.1, 0.15) is 35.3 Å². The van der Waals surface area contributed by atoms with Crippen molar-refractivity contribution in [2.75, 3.05) is 0 Å². The molecule has 0 saturated carbocycles. The summed E-state index contributed by atoms with van der Waals surface area (Å²) < 4.78 is 5.07. The Morgan fingerprint density at radius 1 is 1.47 bits per heavy atom. The van der Waals surface area contributed by atoms with Crippen molar-refractivity contribution in [3.8, 4) is 6.07 Å². The molecule has 3 heteroatoms. The van der Waals surface area contributed by atoms with Crippen LogP contribution in [0.25, 0.3) is 0 Å². The van der Waals surface area contributed by atoms with Crippen LogP contribution in [-0.4, -0.2) is 12.1 Å². The van der Waals surface area contributed by atoms with E-state index in [0.29, 0.717) is 11.1 Å². The first-order chi connectivity index (χ1) is 7.06. The van der Waals surface area contributed by atoms with Gasteiger partial charge in [0.25, 0.3) is 0 Å². The number of nitriles is 1. The van der Waals surface area contributed by atoms with Gasteiger partial charge in [0.15, 0.2) is 0 Å². The van der Waals surface area contributed by atoms with Crippen molar-refractivity contribution in [3.63, 3.8) is 0 Å². The molecule has 0 amide bonds. The van der Waals surface area contributed by atoms with E-state index >= 15 is 0 Å². The lowest BCUT2D eigenvalue weighted by Crippen LogP contribution is -2.14. The Balaban J connectivity index is 3.13. The topological polar surface area (TPSA) is 50.1 Å². The van der Waals surface area contributed by atoms with E-state index in [4.69, 9.17) is 10.00 Å². The maximum atomic E-state index is 11.7. The van der Waals surface area contributed by atoms with Gasteiger partial charge in [-0.2, -0.15) is 5.26 Å². The lowest BCUT2D eigenvalue weighted by Gasteiger charge is -2.10. The first-order valence-electron chi connectivity index (χ1n) is 4.77. The number of aryl methyl sites for hydroxylation is 1. The molecule has 0 heterocycles. The second-order valence-electron chi connectivity index (χ2n) is 3.56. The molecule has 0 aliphatic carbocycles. The molecule has 0 unspecified atom stereocenters. The van der Waals surface area contributed by atoms with Crippen molar-refractivity contribution in [3.05, 3.63) is 34.9 Å². The highest BCUT2D eigenvalue weighted by Crippen LogP contribution is 2.15. The Hall–Kier alpha value is -1.82. The molecule has 1 aromatic rings. The highest BCUT2D eigenvalue weighted by Gasteiger charge is 2.16. The molecule has 15 heavy (non-hydrogen) atoms. The average Bonchev–Trinajstić information content (AvgIpc) is 2.15. The van der Waals surface area contributed by atoms with Gasteiger partial charge in [0.2, 0.25) is 0 Å². The largest absolute Gasteiger partial charge is 0.459 e. The van der Waals surface area contributed by atoms with E-state index in [2.05, 4.69) is 0 Å². The third kappa shape index (κ3) is 2.57. The third-order valence-electron chi connectivity index (χ3n) is 1.94. The molecule has 1 rings (SSSR count). The minimum Gasteiger partial charge on any atom is -0.459 e. The molecule has 78 valence electrons. The molecule has 3 nitrogen and oxygen atoms in total. The van der Waals surface area contributed by atoms with Crippen molar-refractivity contribution in [2.45, 2.75) is 26.9 Å². The zero-order valence-electron chi connectivity index (χ0n) is 9.07. The number of nitrogens with zero attached hydrogens (tertiary/aromatic N) is 1. The van der Waals surface area contributed by atoms with E-state index in [1.165, 1.54) is 0 Å². The summed E-state index contributed by atoms with van der Waals surface area (Å²) >= 11 is 0. The SMILES string of the molecule is Cc1cccc(C#N)c1C(=O)OC(C)C. The minimum absolute atomic E-state index is 0.177. The van der Waals surface area contributed by atoms with Crippen molar-refractivity contribution < 1.29 is 9.53 Å². The van der Waals surface area contributed by atoms with E-state index in [1.807, 2.05) is 6.07 Å². The molecule has 0 N–H and O–H groups in total. The zero-order valence-corrected chi connectivity index (χ0v) is 9.07. The van der Waals surface area contributed by atoms with Crippen molar-refractivity contribution >= 4 is 5.97 Å². The van der Waals surface area contributed by atoms with E-state index in [9.17, 15) is 4.79 Å². The van der Waals surface area contributed by atoms with Crippen molar-refractivity contribution in [2.24, 2.45) is 0 Å². The fourth-order valence-electron chi connectivity index (χ4n) is 1.30. The van der Waals surface area contributed by atoms with E-state index in [0.717, 1.165) is 5.56 Å². The molecular weight excluding hydrogens is 190 g/mol. The fraction of sp³-hybridized carbons (Fsp3) is 0.333. The molecule has 0 bridgehead atoms. The first-order valence-corrected chi connectivity index (χ1v) is 4.77. The number of hydrogen-bond acceptors (Lipinski definition) is 3. The summed E-state index contributed by atoms with van der Waals surface area (Å²) in [6.45, 7) is 5.35. The Morgan fingerprint density at radius 2 is 2.13 bits per heavy atom. The Morgan fingerprint density at radius 3 is 2.67 bits per heavy atom. The summed E-state index contributed by atoms with van der Waals surface area (Å²) in [6, 6.07) is 7.14. The maximum Gasteiger partial charge on any atom is 0.340 e. The molecule has 1 aromatic carbocycles. The van der Waals surface area contributed by atoms with Gasteiger partial charge in [-0.1, -0.05) is 12.1 Å². The van der Waals surface area contributed by atoms with Gasteiger partial charge in [-0.25, -0.2) is 4.79 Å². The van der Waals surface area contributed by atoms with Crippen LogP contribution in [0.4, 0.5) is 0 Å². The molecule has 0 aliphatic heterocycles. The number of esters is 1. The van der Waals surface area contributed by atoms with Gasteiger partial charge < -0.3 is 4.74 Å². The van der Waals surface area contributed by atoms with E-state index in [-0.39, 0.29) is 6.10 Å². The average molecular weight is 203 g/mol. The van der Waals surface area contributed by atoms with Crippen molar-refractivity contribution in [1.29, 1.82) is 5.26 Å². The van der Waals surface area contributed by atoms with Crippen LogP contribution in [0, 0.1) is 18.3 Å². The monoisotopic (exact) mass is 203 g/mol. The van der Waals surface area contributed by atoms with Gasteiger partial charge in [-0.05, 0) is 32.4 Å². The summed E-state index contributed by atoms with van der Waals surface area (Å²) in [5.74, 6) is -0.431. The molecule has 0 radical (unpaired) electrons. The predicted octanol–water partition coefficient (Wildman–Crippen LogP) is 2.43. The van der Waals surface area contributed by atoms with Gasteiger partial charge in [0.1, 0.15) is 6.07 Å². The first kappa shape index (κ1) is 11.3. The standard InChI is InChI=1S/C12H13NO2/c1-8(2)15-12(14)11-9(3)5-4-6-10(11)7-13/h4-6,8H,1-3H3. The Kier molecular flexibility index (Phi) is 3.46. The lowest BCUT2D eigenvalue weighted by atomic mass is 10.0. The Bertz CT molecular complexity index is 416. The summed E-state index contributed by atoms with van der Waals surface area (Å²) in [5, 5.41) is 8.87. The predicted molar refractivity (Wildman–Crippen MR) is 56.4 cm³/mol. The van der Waals surface area contributed by atoms with Gasteiger partial charge >= 0.3 is 5.97 Å². The maximum absolute atomic E-state index is 11.7. The Labute approximate surface area is 89.3 Å². The number of benzene rings is 1. The number of hydrogen-bond donors (Lipinski definition) is 0. The molecule has 0 aliphatic rings. The normalized spacial score (nSPS) is 9.80. The smallest absolute Gasteiger partial charge is 0.340 e. The van der Waals surface area contributed by atoms with Crippen LogP contribution in [0.3, 0.4) is 0 Å². The second-order valence-corrected chi connectivity index (χ2v) is 3.56. The van der Waals surface area contributed by atoms with Gasteiger partial charge in [-0.15, -0.1) is 0 Å². The number of carbonyl (C=O) groups excluding carboxylic acids is 1. The summed E-state index contributed by atoms with van der Waals surface area (Å²) in [4.78, 5) is 11.7. The molecule has 0 spiro atoms. The molecule has 0 saturated heterocycles. The third-order valence-corrected chi connectivity index (χ3v) is 1.94. The number of ether oxygens (including phenoxy) is 1. The van der Waals surface area contributed by atoms with Crippen molar-refractivity contribution in [1.82, 2.24) is 0 Å². The molecular formula is C12H13NO2. The van der Waals surface area contributed by atoms with Crippen LogP contribution in [-0.2, 0) is 4.74 Å². The zero-order chi connectivity index (χ0) is 11.4. The van der Waals surface area contributed by atoms with Crippen LogP contribution in [0.5, 0.6) is 0 Å². The summed E-state index contributed by atoms with van der Waals surface area (Å²) in [7, 11) is 0. The van der Waals surface area contributed by atoms with Crippen LogP contribution >= 0.6 is 0 Å². The van der Waals surface area contributed by atoms with Crippen LogP contribution in [0.2, 0.25) is 0 Å². The van der Waals surface area contributed by atoms with E-state index in [1.54, 1.807) is 39.0 Å². The van der Waals surface area contributed by atoms with Gasteiger partial charge in [-0.3, -0.25) is 0 Å². The highest BCUT2D eigenvalue weighted by atomic mass is 16.5. The van der Waals surface area contributed by atoms with Gasteiger partial charge in [0.05, 0.1) is 17.2 Å². The number of rotatable bonds is 2. The highest BCUT2D eigenvalue weighted by molar-refractivity contribution is 5.93. The number of carbonyl (C=O) groups is 1. The van der Waals surface area contributed by atoms with Crippen LogP contribution in [0.15, 0.2) is 18.2 Å². The second kappa shape index (κ2) is 4.61. The molecule has 0 aromatic heterocycles. The summed E-state index contributed by atoms with van der Waals surface area (Å²) in [5.41, 5.74) is 1.49. The molecule has 0 fully saturated rings.